The molecule has 2 aromatic carbocycles. The van der Waals surface area contributed by atoms with Crippen molar-refractivity contribution in [3.05, 3.63) is 96.1 Å². The topological polar surface area (TPSA) is 52.6 Å². The molecule has 24 heavy (non-hydrogen) atoms. The fraction of sp³-hybridized carbons (Fsp3) is 0.100. The van der Waals surface area contributed by atoms with Crippen LogP contribution in [0.2, 0.25) is 0 Å². The highest BCUT2D eigenvalue weighted by Crippen LogP contribution is 2.10. The average Bonchev–Trinajstić information content (AvgIpc) is 2.61. The Hall–Kier alpha value is -3.14. The Morgan fingerprint density at radius 3 is 1.33 bits per heavy atom. The van der Waals surface area contributed by atoms with E-state index in [1.807, 2.05) is 0 Å². The van der Waals surface area contributed by atoms with E-state index in [0.717, 1.165) is 11.1 Å². The number of benzene rings is 2. The number of allylic oxidation sites excluding steroid dienone is 2. The first-order valence-electron chi connectivity index (χ1n) is 7.47. The molecule has 0 aliphatic rings. The van der Waals surface area contributed by atoms with Gasteiger partial charge in [0, 0.05) is 0 Å². The van der Waals surface area contributed by atoms with E-state index in [0.29, 0.717) is 24.0 Å². The van der Waals surface area contributed by atoms with Gasteiger partial charge in [-0.25, -0.2) is 19.4 Å². The fourth-order valence-corrected chi connectivity index (χ4v) is 2.06. The lowest BCUT2D eigenvalue weighted by atomic mass is 10.1. The third kappa shape index (κ3) is 4.68. The van der Waals surface area contributed by atoms with Gasteiger partial charge in [-0.15, -0.1) is 13.2 Å². The summed E-state index contributed by atoms with van der Waals surface area (Å²) in [5.74, 6) is -1.45. The second-order valence-electron chi connectivity index (χ2n) is 5.12. The van der Waals surface area contributed by atoms with Crippen molar-refractivity contribution in [1.29, 1.82) is 0 Å². The minimum Gasteiger partial charge on any atom is -0.242 e. The van der Waals surface area contributed by atoms with Gasteiger partial charge in [-0.05, 0) is 48.2 Å². The van der Waals surface area contributed by atoms with E-state index >= 15 is 0 Å². The molecule has 0 aromatic heterocycles. The van der Waals surface area contributed by atoms with E-state index in [2.05, 4.69) is 22.9 Å². The van der Waals surface area contributed by atoms with E-state index in [4.69, 9.17) is 0 Å². The van der Waals surface area contributed by atoms with Gasteiger partial charge in [0.2, 0.25) is 0 Å². The van der Waals surface area contributed by atoms with Gasteiger partial charge in [0.15, 0.2) is 0 Å². The fourth-order valence-electron chi connectivity index (χ4n) is 2.06. The van der Waals surface area contributed by atoms with E-state index in [-0.39, 0.29) is 0 Å². The molecule has 0 aliphatic carbocycles. The van der Waals surface area contributed by atoms with Crippen LogP contribution in [0.4, 0.5) is 0 Å². The minimum absolute atomic E-state index is 0.303. The van der Waals surface area contributed by atoms with Crippen LogP contribution in [0.5, 0.6) is 0 Å². The smallest absolute Gasteiger partial charge is 0.242 e. The molecule has 122 valence electrons. The molecule has 0 unspecified atom stereocenters. The number of carbonyl (C=O) groups excluding carboxylic acids is 2. The highest BCUT2D eigenvalue weighted by atomic mass is 17.2. The summed E-state index contributed by atoms with van der Waals surface area (Å²) in [6, 6.07) is 13.6. The summed E-state index contributed by atoms with van der Waals surface area (Å²) >= 11 is 0. The Morgan fingerprint density at radius 2 is 1.04 bits per heavy atom. The first kappa shape index (κ1) is 17.2. The third-order valence-electron chi connectivity index (χ3n) is 3.33. The van der Waals surface area contributed by atoms with Crippen LogP contribution in [0.3, 0.4) is 0 Å². The van der Waals surface area contributed by atoms with Gasteiger partial charge in [-0.3, -0.25) is 0 Å². The number of hydrogen-bond donors (Lipinski definition) is 0. The molecule has 0 radical (unpaired) electrons. The molecule has 2 rings (SSSR count). The van der Waals surface area contributed by atoms with Crippen LogP contribution in [-0.4, -0.2) is 11.9 Å². The van der Waals surface area contributed by atoms with Crippen LogP contribution < -0.4 is 0 Å². The van der Waals surface area contributed by atoms with Crippen LogP contribution in [0.1, 0.15) is 31.8 Å². The van der Waals surface area contributed by atoms with Gasteiger partial charge in [-0.1, -0.05) is 36.4 Å². The molecule has 0 atom stereocenters. The van der Waals surface area contributed by atoms with Crippen molar-refractivity contribution < 1.29 is 19.4 Å². The molecule has 4 heteroatoms. The Bertz CT molecular complexity index is 662. The highest BCUT2D eigenvalue weighted by Gasteiger charge is 2.14. The predicted molar refractivity (Wildman–Crippen MR) is 91.5 cm³/mol. The van der Waals surface area contributed by atoms with Crippen LogP contribution in [0.25, 0.3) is 0 Å². The lowest BCUT2D eigenvalue weighted by Gasteiger charge is -2.05. The molecule has 0 bridgehead atoms. The van der Waals surface area contributed by atoms with Crippen LogP contribution in [-0.2, 0) is 22.6 Å². The van der Waals surface area contributed by atoms with Gasteiger partial charge >= 0.3 is 11.9 Å². The van der Waals surface area contributed by atoms with Crippen molar-refractivity contribution >= 4 is 11.9 Å². The van der Waals surface area contributed by atoms with Gasteiger partial charge in [0.1, 0.15) is 0 Å². The largest absolute Gasteiger partial charge is 0.386 e. The Morgan fingerprint density at radius 1 is 0.708 bits per heavy atom. The molecule has 0 spiro atoms. The van der Waals surface area contributed by atoms with Gasteiger partial charge in [0.05, 0.1) is 11.1 Å². The van der Waals surface area contributed by atoms with E-state index in [1.54, 1.807) is 60.7 Å². The minimum atomic E-state index is -0.725. The SMILES string of the molecule is C=CCc1ccc(C(=O)OOC(=O)c2ccc(CC=C)cc2)cc1. The second-order valence-corrected chi connectivity index (χ2v) is 5.12. The summed E-state index contributed by atoms with van der Waals surface area (Å²) < 4.78 is 0. The molecule has 0 saturated heterocycles. The normalized spacial score (nSPS) is 9.83. The quantitative estimate of drug-likeness (QED) is 0.457. The van der Waals surface area contributed by atoms with Crippen molar-refractivity contribution in [2.45, 2.75) is 12.8 Å². The van der Waals surface area contributed by atoms with E-state index in [1.165, 1.54) is 0 Å². The Labute approximate surface area is 141 Å². The number of carbonyl (C=O) groups is 2. The third-order valence-corrected chi connectivity index (χ3v) is 3.33. The summed E-state index contributed by atoms with van der Waals surface area (Å²) in [6.07, 6.45) is 4.98. The summed E-state index contributed by atoms with van der Waals surface area (Å²) in [5, 5.41) is 0. The maximum atomic E-state index is 11.9. The number of hydrogen-bond acceptors (Lipinski definition) is 4. The van der Waals surface area contributed by atoms with Gasteiger partial charge < -0.3 is 0 Å². The van der Waals surface area contributed by atoms with Crippen LogP contribution >= 0.6 is 0 Å². The average molecular weight is 322 g/mol. The van der Waals surface area contributed by atoms with Crippen molar-refractivity contribution in [3.63, 3.8) is 0 Å². The van der Waals surface area contributed by atoms with Crippen LogP contribution in [0.15, 0.2) is 73.8 Å². The van der Waals surface area contributed by atoms with Crippen molar-refractivity contribution in [1.82, 2.24) is 0 Å². The molecular formula is C20H18O4. The van der Waals surface area contributed by atoms with Crippen molar-refractivity contribution in [2.75, 3.05) is 0 Å². The predicted octanol–water partition coefficient (Wildman–Crippen LogP) is 4.07. The van der Waals surface area contributed by atoms with Gasteiger partial charge in [-0.2, -0.15) is 0 Å². The summed E-state index contributed by atoms with van der Waals surface area (Å²) in [7, 11) is 0. The molecule has 0 fully saturated rings. The van der Waals surface area contributed by atoms with Crippen molar-refractivity contribution in [2.24, 2.45) is 0 Å². The Balaban J connectivity index is 1.91. The zero-order valence-electron chi connectivity index (χ0n) is 13.2. The Kier molecular flexibility index (Phi) is 6.08. The van der Waals surface area contributed by atoms with E-state index in [9.17, 15) is 9.59 Å². The molecule has 0 N–H and O–H groups in total. The molecule has 4 nitrogen and oxygen atoms in total. The maximum Gasteiger partial charge on any atom is 0.386 e. The maximum absolute atomic E-state index is 11.9. The standard InChI is InChI=1S/C20H18O4/c1-3-5-15-7-11-17(12-8-15)19(21)23-24-20(22)18-13-9-16(6-4-2)10-14-18/h3-4,7-14H,1-2,5-6H2. The summed E-state index contributed by atoms with van der Waals surface area (Å²) in [6.45, 7) is 7.31. The molecule has 0 aliphatic heterocycles. The first-order chi connectivity index (χ1) is 11.6. The molecular weight excluding hydrogens is 304 g/mol. The molecule has 0 saturated carbocycles. The molecule has 2 aromatic rings. The monoisotopic (exact) mass is 322 g/mol. The van der Waals surface area contributed by atoms with Gasteiger partial charge in [0.25, 0.3) is 0 Å². The van der Waals surface area contributed by atoms with Crippen molar-refractivity contribution in [3.8, 4) is 0 Å². The lowest BCUT2D eigenvalue weighted by Crippen LogP contribution is -2.11. The summed E-state index contributed by atoms with van der Waals surface area (Å²) in [5.41, 5.74) is 2.66. The molecule has 0 heterocycles. The van der Waals surface area contributed by atoms with E-state index < -0.39 is 11.9 Å². The highest BCUT2D eigenvalue weighted by molar-refractivity contribution is 5.92. The summed E-state index contributed by atoms with van der Waals surface area (Å²) in [4.78, 5) is 32.9. The van der Waals surface area contributed by atoms with Crippen LogP contribution in [0, 0.1) is 0 Å². The first-order valence-corrected chi connectivity index (χ1v) is 7.47. The zero-order valence-corrected chi connectivity index (χ0v) is 13.2. The second kappa shape index (κ2) is 8.48. The molecule has 0 amide bonds. The number of rotatable bonds is 6. The zero-order chi connectivity index (χ0) is 17.4. The lowest BCUT2D eigenvalue weighted by molar-refractivity contribution is -0.187.